The van der Waals surface area contributed by atoms with E-state index in [9.17, 15) is 0 Å². The number of anilines is 1. The molecule has 0 aliphatic carbocycles. The van der Waals surface area contributed by atoms with E-state index in [-0.39, 0.29) is 6.61 Å². The number of nitrogens with one attached hydrogen (secondary N) is 1. The van der Waals surface area contributed by atoms with Crippen LogP contribution in [0.4, 0.5) is 5.69 Å². The van der Waals surface area contributed by atoms with Crippen LogP contribution < -0.4 is 11.1 Å². The van der Waals surface area contributed by atoms with Crippen molar-refractivity contribution in [3.63, 3.8) is 0 Å². The minimum atomic E-state index is 0.0657. The quantitative estimate of drug-likeness (QED) is 0.541. The largest absolute Gasteiger partial charge is 0.392 e. The number of aliphatic hydroxyl groups is 1. The van der Waals surface area contributed by atoms with Gasteiger partial charge in [0.1, 0.15) is 0 Å². The Bertz CT molecular complexity index is 639. The Morgan fingerprint density at radius 1 is 1.13 bits per heavy atom. The Labute approximate surface area is 136 Å². The molecule has 0 saturated carbocycles. The predicted molar refractivity (Wildman–Crippen MR) is 93.3 cm³/mol. The highest BCUT2D eigenvalue weighted by Gasteiger charge is 2.02. The van der Waals surface area contributed by atoms with Crippen LogP contribution in [0.1, 0.15) is 16.7 Å². The molecule has 122 valence electrons. The lowest BCUT2D eigenvalue weighted by molar-refractivity contribution is 0.185. The van der Waals surface area contributed by atoms with Crippen LogP contribution in [0.2, 0.25) is 0 Å². The first kappa shape index (κ1) is 17.0. The van der Waals surface area contributed by atoms with Gasteiger partial charge >= 0.3 is 0 Å². The zero-order valence-corrected chi connectivity index (χ0v) is 13.3. The smallest absolute Gasteiger partial charge is 0.193 e. The summed E-state index contributed by atoms with van der Waals surface area (Å²) in [6.07, 6.45) is 0.799. The van der Waals surface area contributed by atoms with E-state index >= 15 is 0 Å². The standard InChI is InChI=1S/C18H23N3O2/c1-23-13-16-4-2-3-5-17(16)21-18(19)20-11-10-14-6-8-15(12-22)9-7-14/h2-9,22H,10-13H2,1H3,(H3,19,20,21). The Balaban J connectivity index is 1.90. The number of nitrogens with two attached hydrogens (primary N) is 1. The first-order valence-corrected chi connectivity index (χ1v) is 7.55. The van der Waals surface area contributed by atoms with Crippen LogP contribution in [-0.2, 0) is 24.4 Å². The van der Waals surface area contributed by atoms with Crippen molar-refractivity contribution in [2.45, 2.75) is 19.6 Å². The molecule has 23 heavy (non-hydrogen) atoms. The lowest BCUT2D eigenvalue weighted by Crippen LogP contribution is -2.23. The second-order valence-electron chi connectivity index (χ2n) is 5.21. The maximum Gasteiger partial charge on any atom is 0.193 e. The average Bonchev–Trinajstić information content (AvgIpc) is 2.57. The van der Waals surface area contributed by atoms with E-state index < -0.39 is 0 Å². The van der Waals surface area contributed by atoms with Crippen LogP contribution in [0.3, 0.4) is 0 Å². The van der Waals surface area contributed by atoms with E-state index in [1.54, 1.807) is 7.11 Å². The molecule has 0 unspecified atom stereocenters. The van der Waals surface area contributed by atoms with Gasteiger partial charge in [0.2, 0.25) is 0 Å². The van der Waals surface area contributed by atoms with Crippen LogP contribution in [0.25, 0.3) is 0 Å². The summed E-state index contributed by atoms with van der Waals surface area (Å²) in [7, 11) is 1.66. The fraction of sp³-hybridized carbons (Fsp3) is 0.278. The first-order chi connectivity index (χ1) is 11.2. The van der Waals surface area contributed by atoms with Gasteiger partial charge in [0.05, 0.1) is 13.2 Å². The van der Waals surface area contributed by atoms with E-state index in [1.807, 2.05) is 48.5 Å². The molecule has 0 amide bonds. The number of aliphatic hydroxyl groups excluding tert-OH is 1. The molecule has 0 spiro atoms. The van der Waals surface area contributed by atoms with Gasteiger partial charge in [0, 0.05) is 24.9 Å². The second kappa shape index (κ2) is 8.92. The Morgan fingerprint density at radius 2 is 1.83 bits per heavy atom. The highest BCUT2D eigenvalue weighted by molar-refractivity contribution is 5.92. The van der Waals surface area contributed by atoms with E-state index in [0.29, 0.717) is 19.1 Å². The fourth-order valence-electron chi connectivity index (χ4n) is 2.22. The van der Waals surface area contributed by atoms with Gasteiger partial charge in [0.25, 0.3) is 0 Å². The highest BCUT2D eigenvalue weighted by atomic mass is 16.5. The molecule has 0 heterocycles. The maximum absolute atomic E-state index is 9.02. The van der Waals surface area contributed by atoms with Crippen LogP contribution in [0.5, 0.6) is 0 Å². The normalized spacial score (nSPS) is 11.5. The number of ether oxygens (including phenoxy) is 1. The van der Waals surface area contributed by atoms with E-state index in [2.05, 4.69) is 10.3 Å². The monoisotopic (exact) mass is 313 g/mol. The third kappa shape index (κ3) is 5.39. The molecule has 0 aliphatic rings. The van der Waals surface area contributed by atoms with Crippen LogP contribution in [-0.4, -0.2) is 24.7 Å². The Morgan fingerprint density at radius 3 is 2.52 bits per heavy atom. The predicted octanol–water partition coefficient (Wildman–Crippen LogP) is 2.29. The molecular formula is C18H23N3O2. The average molecular weight is 313 g/mol. The van der Waals surface area contributed by atoms with Crippen LogP contribution in [0, 0.1) is 0 Å². The fourth-order valence-corrected chi connectivity index (χ4v) is 2.22. The van der Waals surface area contributed by atoms with Gasteiger partial charge < -0.3 is 20.9 Å². The first-order valence-electron chi connectivity index (χ1n) is 7.55. The van der Waals surface area contributed by atoms with Gasteiger partial charge in [0.15, 0.2) is 5.96 Å². The number of hydrogen-bond donors (Lipinski definition) is 3. The molecular weight excluding hydrogens is 290 g/mol. The topological polar surface area (TPSA) is 79.9 Å². The third-order valence-corrected chi connectivity index (χ3v) is 3.47. The third-order valence-electron chi connectivity index (χ3n) is 3.47. The summed E-state index contributed by atoms with van der Waals surface area (Å²) in [5.74, 6) is 0.389. The second-order valence-corrected chi connectivity index (χ2v) is 5.21. The number of benzene rings is 2. The van der Waals surface area contributed by atoms with Crippen molar-refractivity contribution in [2.75, 3.05) is 19.0 Å². The molecule has 0 bridgehead atoms. The number of hydrogen-bond acceptors (Lipinski definition) is 3. The number of methoxy groups -OCH3 is 1. The molecule has 5 nitrogen and oxygen atoms in total. The number of guanidine groups is 1. The molecule has 0 atom stereocenters. The molecule has 5 heteroatoms. The molecule has 2 rings (SSSR count). The Hall–Kier alpha value is -2.37. The molecule has 0 fully saturated rings. The molecule has 0 aromatic heterocycles. The van der Waals surface area contributed by atoms with Crippen molar-refractivity contribution < 1.29 is 9.84 Å². The van der Waals surface area contributed by atoms with Crippen molar-refractivity contribution in [3.8, 4) is 0 Å². The summed E-state index contributed by atoms with van der Waals surface area (Å²) in [5.41, 5.74) is 9.96. The number of para-hydroxylation sites is 1. The summed E-state index contributed by atoms with van der Waals surface area (Å²) in [6, 6.07) is 15.7. The van der Waals surface area contributed by atoms with E-state index in [4.69, 9.17) is 15.6 Å². The summed E-state index contributed by atoms with van der Waals surface area (Å²) in [5, 5.41) is 12.1. The van der Waals surface area contributed by atoms with Crippen molar-refractivity contribution in [1.29, 1.82) is 0 Å². The molecule has 2 aromatic rings. The number of rotatable bonds is 7. The summed E-state index contributed by atoms with van der Waals surface area (Å²) >= 11 is 0. The summed E-state index contributed by atoms with van der Waals surface area (Å²) in [6.45, 7) is 1.19. The maximum atomic E-state index is 9.02. The molecule has 2 aromatic carbocycles. The lowest BCUT2D eigenvalue weighted by Gasteiger charge is -2.10. The number of nitrogens with zero attached hydrogens (tertiary/aromatic N) is 1. The van der Waals surface area contributed by atoms with Crippen molar-refractivity contribution in [1.82, 2.24) is 0 Å². The van der Waals surface area contributed by atoms with Gasteiger partial charge in [-0.1, -0.05) is 42.5 Å². The van der Waals surface area contributed by atoms with Gasteiger partial charge in [-0.2, -0.15) is 0 Å². The molecule has 0 radical (unpaired) electrons. The van der Waals surface area contributed by atoms with Gasteiger partial charge in [-0.15, -0.1) is 0 Å². The van der Waals surface area contributed by atoms with Crippen molar-refractivity contribution in [3.05, 3.63) is 65.2 Å². The van der Waals surface area contributed by atoms with Crippen LogP contribution in [0.15, 0.2) is 53.5 Å². The number of aliphatic imine (C=N–C) groups is 1. The van der Waals surface area contributed by atoms with Gasteiger partial charge in [-0.25, -0.2) is 0 Å². The van der Waals surface area contributed by atoms with Gasteiger partial charge in [-0.3, -0.25) is 4.99 Å². The summed E-state index contributed by atoms with van der Waals surface area (Å²) < 4.78 is 5.17. The van der Waals surface area contributed by atoms with Crippen molar-refractivity contribution in [2.24, 2.45) is 10.7 Å². The zero-order valence-electron chi connectivity index (χ0n) is 13.3. The minimum absolute atomic E-state index is 0.0657. The minimum Gasteiger partial charge on any atom is -0.392 e. The van der Waals surface area contributed by atoms with Gasteiger partial charge in [-0.05, 0) is 23.6 Å². The molecule has 0 saturated heterocycles. The molecule has 0 aliphatic heterocycles. The SMILES string of the molecule is COCc1ccccc1NC(N)=NCCc1ccc(CO)cc1. The summed E-state index contributed by atoms with van der Waals surface area (Å²) in [4.78, 5) is 4.35. The lowest BCUT2D eigenvalue weighted by atomic mass is 10.1. The highest BCUT2D eigenvalue weighted by Crippen LogP contribution is 2.15. The molecule has 4 N–H and O–H groups in total. The van der Waals surface area contributed by atoms with E-state index in [0.717, 1.165) is 23.2 Å². The van der Waals surface area contributed by atoms with Crippen molar-refractivity contribution >= 4 is 11.6 Å². The van der Waals surface area contributed by atoms with Crippen LogP contribution >= 0.6 is 0 Å². The Kier molecular flexibility index (Phi) is 6.59. The van der Waals surface area contributed by atoms with E-state index in [1.165, 1.54) is 5.56 Å². The zero-order chi connectivity index (χ0) is 16.5.